The second kappa shape index (κ2) is 10.1. The van der Waals surface area contributed by atoms with Crippen molar-refractivity contribution in [1.82, 2.24) is 10.2 Å². The first-order valence-electron chi connectivity index (χ1n) is 10.9. The molecule has 1 saturated carbocycles. The first kappa shape index (κ1) is 22.3. The highest BCUT2D eigenvalue weighted by atomic mass is 16.5. The molecule has 1 aromatic rings. The van der Waals surface area contributed by atoms with Gasteiger partial charge in [0.25, 0.3) is 0 Å². The molecule has 30 heavy (non-hydrogen) atoms. The number of likely N-dealkylation sites (tertiary alicyclic amines) is 1. The molecular weight excluding hydrogens is 384 g/mol. The van der Waals surface area contributed by atoms with Crippen LogP contribution in [0.15, 0.2) is 30.3 Å². The number of carboxylic acids is 1. The zero-order valence-electron chi connectivity index (χ0n) is 17.8. The van der Waals surface area contributed by atoms with E-state index in [1.54, 1.807) is 18.7 Å². The van der Waals surface area contributed by atoms with E-state index in [4.69, 9.17) is 4.74 Å². The summed E-state index contributed by atoms with van der Waals surface area (Å²) in [7, 11) is 0. The van der Waals surface area contributed by atoms with Crippen LogP contribution < -0.4 is 5.32 Å². The largest absolute Gasteiger partial charge is 0.480 e. The lowest BCUT2D eigenvalue weighted by Gasteiger charge is -2.35. The molecule has 2 aliphatic rings. The average Bonchev–Trinajstić information content (AvgIpc) is 3.13. The molecule has 0 spiro atoms. The number of rotatable bonds is 8. The minimum absolute atomic E-state index is 0.0215. The Hall–Kier alpha value is -2.41. The third-order valence-corrected chi connectivity index (χ3v) is 6.30. The van der Waals surface area contributed by atoms with E-state index in [0.29, 0.717) is 12.8 Å². The molecule has 5 atom stereocenters. The SMILES string of the molecule is CCOC(=O)C(Cc1ccccc1)N[C@@H](C)C(=O)N1C2CCCCC2C[C@H]1C(=O)O. The van der Waals surface area contributed by atoms with Crippen molar-refractivity contribution >= 4 is 17.8 Å². The normalized spacial score (nSPS) is 25.3. The van der Waals surface area contributed by atoms with Gasteiger partial charge in [0.15, 0.2) is 0 Å². The fourth-order valence-corrected chi connectivity index (χ4v) is 4.90. The second-order valence-electron chi connectivity index (χ2n) is 8.33. The van der Waals surface area contributed by atoms with E-state index in [-0.39, 0.29) is 24.5 Å². The molecule has 1 aliphatic carbocycles. The Morgan fingerprint density at radius 1 is 1.20 bits per heavy atom. The van der Waals surface area contributed by atoms with Crippen LogP contribution in [0.25, 0.3) is 0 Å². The lowest BCUT2D eigenvalue weighted by Crippen LogP contribution is -2.56. The van der Waals surface area contributed by atoms with E-state index < -0.39 is 30.1 Å². The maximum atomic E-state index is 13.3. The molecule has 1 aromatic carbocycles. The highest BCUT2D eigenvalue weighted by molar-refractivity contribution is 5.88. The van der Waals surface area contributed by atoms with Gasteiger partial charge in [-0.3, -0.25) is 14.9 Å². The monoisotopic (exact) mass is 416 g/mol. The first-order chi connectivity index (χ1) is 14.4. The number of aliphatic carboxylic acids is 1. The number of benzene rings is 1. The number of esters is 1. The molecule has 1 aliphatic heterocycles. The number of carbonyl (C=O) groups excluding carboxylic acids is 2. The van der Waals surface area contributed by atoms with Gasteiger partial charge in [0.1, 0.15) is 12.1 Å². The van der Waals surface area contributed by atoms with Crippen molar-refractivity contribution in [2.24, 2.45) is 5.92 Å². The number of nitrogens with zero attached hydrogens (tertiary/aromatic N) is 1. The Morgan fingerprint density at radius 3 is 2.57 bits per heavy atom. The molecule has 0 aromatic heterocycles. The van der Waals surface area contributed by atoms with E-state index in [2.05, 4.69) is 5.32 Å². The van der Waals surface area contributed by atoms with Gasteiger partial charge in [-0.15, -0.1) is 0 Å². The molecule has 2 N–H and O–H groups in total. The van der Waals surface area contributed by atoms with Gasteiger partial charge in [0.2, 0.25) is 5.91 Å². The maximum absolute atomic E-state index is 13.3. The summed E-state index contributed by atoms with van der Waals surface area (Å²) >= 11 is 0. The van der Waals surface area contributed by atoms with E-state index >= 15 is 0 Å². The molecule has 164 valence electrons. The van der Waals surface area contributed by atoms with Gasteiger partial charge in [0, 0.05) is 6.04 Å². The van der Waals surface area contributed by atoms with Crippen molar-refractivity contribution in [1.29, 1.82) is 0 Å². The number of amides is 1. The van der Waals surface area contributed by atoms with Gasteiger partial charge in [0.05, 0.1) is 12.6 Å². The molecule has 1 amide bonds. The number of carboxylic acid groups (broad SMARTS) is 1. The molecule has 3 rings (SSSR count). The molecule has 2 fully saturated rings. The number of fused-ring (bicyclic) bond motifs is 1. The summed E-state index contributed by atoms with van der Waals surface area (Å²) in [5, 5.41) is 12.8. The number of hydrogen-bond acceptors (Lipinski definition) is 5. The van der Waals surface area contributed by atoms with Crippen LogP contribution in [-0.2, 0) is 25.5 Å². The molecule has 7 nitrogen and oxygen atoms in total. The number of ether oxygens (including phenoxy) is 1. The lowest BCUT2D eigenvalue weighted by molar-refractivity contribution is -0.151. The van der Waals surface area contributed by atoms with E-state index in [9.17, 15) is 19.5 Å². The zero-order valence-corrected chi connectivity index (χ0v) is 17.8. The Kier molecular flexibility index (Phi) is 7.48. The standard InChI is InChI=1S/C23H32N2O5/c1-3-30-23(29)18(13-16-9-5-4-6-10-16)24-15(2)21(26)25-19-12-8-7-11-17(19)14-20(25)22(27)28/h4-6,9-10,15,17-20,24H,3,7-8,11-14H2,1-2H3,(H,27,28)/t15-,17?,18?,19?,20-/m0/s1. The minimum Gasteiger partial charge on any atom is -0.480 e. The quantitative estimate of drug-likeness (QED) is 0.632. The van der Waals surface area contributed by atoms with Crippen molar-refractivity contribution in [3.63, 3.8) is 0 Å². The zero-order chi connectivity index (χ0) is 21.7. The molecular formula is C23H32N2O5. The smallest absolute Gasteiger partial charge is 0.326 e. The summed E-state index contributed by atoms with van der Waals surface area (Å²) in [6.45, 7) is 3.71. The van der Waals surface area contributed by atoms with Gasteiger partial charge in [-0.25, -0.2) is 4.79 Å². The fourth-order valence-electron chi connectivity index (χ4n) is 4.90. The van der Waals surface area contributed by atoms with Crippen LogP contribution >= 0.6 is 0 Å². The highest BCUT2D eigenvalue weighted by Crippen LogP contribution is 2.40. The van der Waals surface area contributed by atoms with Crippen LogP contribution in [0.3, 0.4) is 0 Å². The lowest BCUT2D eigenvalue weighted by atomic mass is 9.84. The number of hydrogen-bond donors (Lipinski definition) is 2. The van der Waals surface area contributed by atoms with Gasteiger partial charge < -0.3 is 14.7 Å². The molecule has 1 saturated heterocycles. The summed E-state index contributed by atoms with van der Waals surface area (Å²) in [5.41, 5.74) is 0.958. The van der Waals surface area contributed by atoms with Gasteiger partial charge in [-0.2, -0.15) is 0 Å². The second-order valence-corrected chi connectivity index (χ2v) is 8.33. The molecule has 1 heterocycles. The molecule has 7 heteroatoms. The Labute approximate surface area is 177 Å². The van der Waals surface area contributed by atoms with Crippen molar-refractivity contribution < 1.29 is 24.2 Å². The minimum atomic E-state index is -0.948. The van der Waals surface area contributed by atoms with Crippen LogP contribution in [0, 0.1) is 5.92 Å². The van der Waals surface area contributed by atoms with E-state index in [0.717, 1.165) is 31.2 Å². The predicted octanol–water partition coefficient (Wildman–Crippen LogP) is 2.38. The fraction of sp³-hybridized carbons (Fsp3) is 0.609. The van der Waals surface area contributed by atoms with Gasteiger partial charge in [-0.1, -0.05) is 43.2 Å². The maximum Gasteiger partial charge on any atom is 0.326 e. The predicted molar refractivity (Wildman–Crippen MR) is 112 cm³/mol. The summed E-state index contributed by atoms with van der Waals surface area (Å²) in [6.07, 6.45) is 4.83. The Balaban J connectivity index is 1.74. The topological polar surface area (TPSA) is 95.9 Å². The number of carbonyl (C=O) groups is 3. The highest BCUT2D eigenvalue weighted by Gasteiger charge is 2.48. The van der Waals surface area contributed by atoms with Crippen LogP contribution in [-0.4, -0.2) is 58.6 Å². The molecule has 0 radical (unpaired) electrons. The average molecular weight is 417 g/mol. The Morgan fingerprint density at radius 2 is 1.90 bits per heavy atom. The van der Waals surface area contributed by atoms with E-state index in [1.165, 1.54) is 0 Å². The molecule has 0 bridgehead atoms. The first-order valence-corrected chi connectivity index (χ1v) is 10.9. The number of nitrogens with one attached hydrogen (secondary N) is 1. The van der Waals surface area contributed by atoms with Gasteiger partial charge in [-0.05, 0) is 51.0 Å². The van der Waals surface area contributed by atoms with Crippen molar-refractivity contribution in [3.05, 3.63) is 35.9 Å². The third-order valence-electron chi connectivity index (χ3n) is 6.30. The van der Waals surface area contributed by atoms with Crippen molar-refractivity contribution in [2.75, 3.05) is 6.61 Å². The third kappa shape index (κ3) is 5.01. The van der Waals surface area contributed by atoms with Crippen molar-refractivity contribution in [2.45, 2.75) is 76.5 Å². The van der Waals surface area contributed by atoms with Gasteiger partial charge >= 0.3 is 11.9 Å². The van der Waals surface area contributed by atoms with Crippen LogP contribution in [0.4, 0.5) is 0 Å². The van der Waals surface area contributed by atoms with Crippen LogP contribution in [0.1, 0.15) is 51.5 Å². The van der Waals surface area contributed by atoms with Crippen molar-refractivity contribution in [3.8, 4) is 0 Å². The summed E-state index contributed by atoms with van der Waals surface area (Å²) in [5.74, 6) is -1.36. The van der Waals surface area contributed by atoms with Crippen LogP contribution in [0.2, 0.25) is 0 Å². The summed E-state index contributed by atoms with van der Waals surface area (Å²) in [6, 6.07) is 7.38. The summed E-state index contributed by atoms with van der Waals surface area (Å²) in [4.78, 5) is 39.3. The van der Waals surface area contributed by atoms with E-state index in [1.807, 2.05) is 30.3 Å². The van der Waals surface area contributed by atoms with Crippen LogP contribution in [0.5, 0.6) is 0 Å². The summed E-state index contributed by atoms with van der Waals surface area (Å²) < 4.78 is 5.21. The molecule has 3 unspecified atom stereocenters. The Bertz CT molecular complexity index is 753.